The predicted octanol–water partition coefficient (Wildman–Crippen LogP) is 9.34. The summed E-state index contributed by atoms with van der Waals surface area (Å²) >= 11 is 0. The third-order valence-electron chi connectivity index (χ3n) is 18.5. The number of hydrazine groups is 1. The lowest BCUT2D eigenvalue weighted by molar-refractivity contribution is -0.155. The highest BCUT2D eigenvalue weighted by atomic mass is 16.6. The van der Waals surface area contributed by atoms with Gasteiger partial charge in [0.15, 0.2) is 0 Å². The topological polar surface area (TPSA) is 145 Å². The molecule has 7 aliphatic rings. The summed E-state index contributed by atoms with van der Waals surface area (Å²) in [5.74, 6) is -0.428. The molecule has 1 spiro atoms. The number of amides is 3. The van der Waals surface area contributed by atoms with E-state index in [1.54, 1.807) is 5.01 Å². The Bertz CT molecular complexity index is 2900. The van der Waals surface area contributed by atoms with Crippen molar-refractivity contribution in [3.63, 3.8) is 0 Å². The summed E-state index contributed by atoms with van der Waals surface area (Å²) in [6, 6.07) is 16.3. The van der Waals surface area contributed by atoms with Gasteiger partial charge in [0.25, 0.3) is 5.91 Å². The van der Waals surface area contributed by atoms with Gasteiger partial charge in [0.05, 0.1) is 35.9 Å². The van der Waals surface area contributed by atoms with Crippen LogP contribution in [0.2, 0.25) is 0 Å². The minimum atomic E-state index is -0.903. The number of aromatic nitrogens is 2. The van der Waals surface area contributed by atoms with Crippen LogP contribution in [0.25, 0.3) is 33.3 Å². The second-order valence-electron chi connectivity index (χ2n) is 26.5. The van der Waals surface area contributed by atoms with E-state index >= 15 is 9.59 Å². The average molecular weight is 1070 g/mol. The number of anilines is 1. The summed E-state index contributed by atoms with van der Waals surface area (Å²) in [5.41, 5.74) is 12.1. The van der Waals surface area contributed by atoms with Crippen LogP contribution in [0.5, 0.6) is 0 Å². The minimum Gasteiger partial charge on any atom is -0.464 e. The zero-order chi connectivity index (χ0) is 54.7. The molecule has 4 aromatic rings. The number of piperazine rings is 1. The van der Waals surface area contributed by atoms with Crippen LogP contribution < -0.4 is 15.6 Å². The van der Waals surface area contributed by atoms with Crippen LogP contribution in [0.15, 0.2) is 54.7 Å². The highest BCUT2D eigenvalue weighted by molar-refractivity contribution is 5.96. The van der Waals surface area contributed by atoms with Crippen molar-refractivity contribution in [1.29, 1.82) is 0 Å². The van der Waals surface area contributed by atoms with Gasteiger partial charge in [-0.1, -0.05) is 70.9 Å². The van der Waals surface area contributed by atoms with Gasteiger partial charge in [-0.3, -0.25) is 34.2 Å². The summed E-state index contributed by atoms with van der Waals surface area (Å²) < 4.78 is 14.6. The number of pyridine rings is 1. The van der Waals surface area contributed by atoms with Crippen LogP contribution in [0.1, 0.15) is 142 Å². The number of nitrogens with one attached hydrogen (secondary N) is 2. The molecule has 6 fully saturated rings. The first-order valence-electron chi connectivity index (χ1n) is 29.9. The molecule has 0 unspecified atom stereocenters. The monoisotopic (exact) mass is 1070 g/mol. The molecule has 3 amide bonds. The number of cyclic esters (lactones) is 1. The molecule has 1 aliphatic carbocycles. The SMILES string of the molecule is CCn1c(-c2cc(N3CCN4CCC[C@@H]4C3)cnc2C(C)C)c2c3cc(ccc31)-c1cccc(c1)C[C@H](NC(=O)[C@H](C1CCCC1)N1CC[C@]3(CCN(C(=O)OC(C)(C)C)C3)C1)C(=O)N1CCC[C@H](N1)C(=O)OCC(C)(C)C2. The van der Waals surface area contributed by atoms with Gasteiger partial charge in [-0.25, -0.2) is 10.2 Å². The summed E-state index contributed by atoms with van der Waals surface area (Å²) in [5, 5.41) is 6.11. The van der Waals surface area contributed by atoms with Gasteiger partial charge in [-0.15, -0.1) is 0 Å². The van der Waals surface area contributed by atoms with Gasteiger partial charge in [0.1, 0.15) is 17.7 Å². The van der Waals surface area contributed by atoms with Crippen molar-refractivity contribution in [3.05, 3.63) is 71.5 Å². The maximum absolute atomic E-state index is 15.2. The number of esters is 1. The average Bonchev–Trinajstić information content (AvgIpc) is 4.43. The molecule has 2 aromatic heterocycles. The second-order valence-corrected chi connectivity index (χ2v) is 26.5. The molecule has 15 heteroatoms. The Morgan fingerprint density at radius 3 is 2.46 bits per heavy atom. The maximum atomic E-state index is 15.2. The Morgan fingerprint density at radius 2 is 1.68 bits per heavy atom. The lowest BCUT2D eigenvalue weighted by atomic mass is 9.83. The number of carbonyl (C=O) groups is 4. The molecule has 2 N–H and O–H groups in total. The van der Waals surface area contributed by atoms with Gasteiger partial charge in [-0.2, -0.15) is 0 Å². The molecule has 0 radical (unpaired) electrons. The molecule has 6 aliphatic heterocycles. The molecule has 15 nitrogen and oxygen atoms in total. The normalized spacial score (nSPS) is 26.0. The molecule has 78 heavy (non-hydrogen) atoms. The largest absolute Gasteiger partial charge is 0.464 e. The van der Waals surface area contributed by atoms with Crippen molar-refractivity contribution in [2.45, 2.75) is 175 Å². The predicted molar refractivity (Wildman–Crippen MR) is 306 cm³/mol. The summed E-state index contributed by atoms with van der Waals surface area (Å²) in [7, 11) is 0. The standard InChI is InChI=1S/C63H87N9O6/c1-9-71-53-22-21-45-33-48(53)50(56(71)49-34-47(36-64-54(49)41(2)3)68-30-29-67-25-13-19-46(67)37-68)35-62(7,8)40-77-59(75)51-20-14-26-72(66-51)58(74)52(32-42-15-12-18-44(45)31-42)65-57(73)55(43-16-10-11-17-43)69-27-23-63(38-69)24-28-70(39-63)60(76)78-61(4,5)6/h12,15,18,21-22,31,33-34,36,41,43,46,51-52,55,66H,9-11,13-14,16-17,19-20,23-30,32,35,37-40H2,1-8H3,(H,65,73)/t46-,51+,52+,55+,63+/m1/s1. The fourth-order valence-electron chi connectivity index (χ4n) is 14.6. The van der Waals surface area contributed by atoms with Crippen LogP contribution >= 0.6 is 0 Å². The van der Waals surface area contributed by atoms with E-state index in [-0.39, 0.29) is 54.2 Å². The quantitative estimate of drug-likeness (QED) is 0.163. The number of rotatable bonds is 8. The first-order valence-corrected chi connectivity index (χ1v) is 29.9. The van der Waals surface area contributed by atoms with Gasteiger partial charge < -0.3 is 29.2 Å². The summed E-state index contributed by atoms with van der Waals surface area (Å²) in [6.45, 7) is 25.1. The first-order chi connectivity index (χ1) is 37.3. The van der Waals surface area contributed by atoms with Gasteiger partial charge >= 0.3 is 12.1 Å². The molecular formula is C63H87N9O6. The highest BCUT2D eigenvalue weighted by Crippen LogP contribution is 2.45. The van der Waals surface area contributed by atoms with Gasteiger partial charge in [0, 0.05) is 92.1 Å². The van der Waals surface area contributed by atoms with Crippen LogP contribution in [0, 0.1) is 16.7 Å². The Labute approximate surface area is 463 Å². The van der Waals surface area contributed by atoms with Gasteiger partial charge in [0.2, 0.25) is 5.91 Å². The van der Waals surface area contributed by atoms with E-state index in [2.05, 4.69) is 119 Å². The van der Waals surface area contributed by atoms with Crippen molar-refractivity contribution >= 4 is 40.5 Å². The third kappa shape index (κ3) is 11.2. The minimum absolute atomic E-state index is 0.116. The fourth-order valence-corrected chi connectivity index (χ4v) is 14.6. The molecule has 2 aromatic carbocycles. The number of benzene rings is 2. The van der Waals surface area contributed by atoms with Crippen molar-refractivity contribution in [2.75, 3.05) is 70.4 Å². The van der Waals surface area contributed by atoms with E-state index in [0.29, 0.717) is 51.5 Å². The Balaban J connectivity index is 0.945. The van der Waals surface area contributed by atoms with Crippen LogP contribution in [0.3, 0.4) is 0 Å². The van der Waals surface area contributed by atoms with E-state index in [1.807, 2.05) is 25.7 Å². The number of hydrogen-bond acceptors (Lipinski definition) is 11. The number of fused-ring (bicyclic) bond motifs is 7. The van der Waals surface area contributed by atoms with Crippen molar-refractivity contribution < 1.29 is 28.7 Å². The Morgan fingerprint density at radius 1 is 0.897 bits per heavy atom. The Kier molecular flexibility index (Phi) is 15.3. The first kappa shape index (κ1) is 54.4. The van der Waals surface area contributed by atoms with Crippen LogP contribution in [-0.2, 0) is 43.2 Å². The van der Waals surface area contributed by atoms with E-state index in [0.717, 1.165) is 110 Å². The van der Waals surface area contributed by atoms with Crippen molar-refractivity contribution in [3.8, 4) is 22.4 Å². The lowest BCUT2D eigenvalue weighted by Gasteiger charge is -2.39. The van der Waals surface area contributed by atoms with E-state index in [1.165, 1.54) is 36.3 Å². The van der Waals surface area contributed by atoms with E-state index in [4.69, 9.17) is 14.5 Å². The van der Waals surface area contributed by atoms with E-state index < -0.39 is 29.1 Å². The van der Waals surface area contributed by atoms with Crippen molar-refractivity contribution in [2.24, 2.45) is 16.7 Å². The fraction of sp³-hybridized carbons (Fsp3) is 0.635. The van der Waals surface area contributed by atoms with E-state index in [9.17, 15) is 9.59 Å². The Hall–Kier alpha value is -5.51. The molecule has 5 saturated heterocycles. The molecule has 1 saturated carbocycles. The number of carbonyl (C=O) groups excluding carboxylic acids is 4. The second kappa shape index (κ2) is 21.9. The summed E-state index contributed by atoms with van der Waals surface area (Å²) in [4.78, 5) is 72.6. The molecular weight excluding hydrogens is 979 g/mol. The number of nitrogens with zero attached hydrogens (tertiary/aromatic N) is 7. The molecule has 5 atom stereocenters. The smallest absolute Gasteiger partial charge is 0.410 e. The van der Waals surface area contributed by atoms with Crippen LogP contribution in [-0.4, -0.2) is 148 Å². The number of aryl methyl sites for hydroxylation is 1. The molecule has 8 heterocycles. The maximum Gasteiger partial charge on any atom is 0.410 e. The number of hydrogen-bond donors (Lipinski definition) is 2. The third-order valence-corrected chi connectivity index (χ3v) is 18.5. The highest BCUT2D eigenvalue weighted by Gasteiger charge is 2.50. The number of ether oxygens (including phenoxy) is 2. The zero-order valence-corrected chi connectivity index (χ0v) is 48.0. The lowest BCUT2D eigenvalue weighted by Crippen LogP contribution is -2.62. The molecule has 11 rings (SSSR count). The van der Waals surface area contributed by atoms with Crippen molar-refractivity contribution in [1.82, 2.24) is 40.0 Å². The van der Waals surface area contributed by atoms with Gasteiger partial charge in [-0.05, 0) is 151 Å². The summed E-state index contributed by atoms with van der Waals surface area (Å²) in [6.07, 6.45) is 12.2. The molecule has 420 valence electrons. The van der Waals surface area contributed by atoms with Crippen LogP contribution in [0.4, 0.5) is 10.5 Å². The zero-order valence-electron chi connectivity index (χ0n) is 48.0. The molecule has 6 bridgehead atoms. The number of likely N-dealkylation sites (tertiary alicyclic amines) is 2.